The van der Waals surface area contributed by atoms with E-state index in [4.69, 9.17) is 10.5 Å². The minimum atomic E-state index is -0.131. The molecular formula is C15H17N5O2. The molecule has 7 nitrogen and oxygen atoms in total. The molecule has 0 bridgehead atoms. The number of hydrogen-bond acceptors (Lipinski definition) is 5. The summed E-state index contributed by atoms with van der Waals surface area (Å²) in [6.45, 7) is 0.833. The van der Waals surface area contributed by atoms with Crippen LogP contribution in [-0.4, -0.2) is 33.0 Å². The van der Waals surface area contributed by atoms with E-state index in [2.05, 4.69) is 10.1 Å². The SMILES string of the molecule is COCCn1c(-c2cnn(C)c2)nc2ccc(N)cc2c1=O. The molecule has 2 heterocycles. The van der Waals surface area contributed by atoms with Gasteiger partial charge in [-0.05, 0) is 18.2 Å². The molecule has 22 heavy (non-hydrogen) atoms. The van der Waals surface area contributed by atoms with Crippen molar-refractivity contribution in [1.29, 1.82) is 0 Å². The normalized spacial score (nSPS) is 11.2. The van der Waals surface area contributed by atoms with Crippen LogP contribution in [0.4, 0.5) is 5.69 Å². The molecule has 0 saturated carbocycles. The van der Waals surface area contributed by atoms with Gasteiger partial charge in [0.05, 0.1) is 35.8 Å². The van der Waals surface area contributed by atoms with E-state index in [1.165, 1.54) is 0 Å². The minimum absolute atomic E-state index is 0.131. The van der Waals surface area contributed by atoms with Crippen LogP contribution in [0.15, 0.2) is 35.4 Å². The highest BCUT2D eigenvalue weighted by Crippen LogP contribution is 2.19. The Bertz CT molecular complexity index is 881. The first kappa shape index (κ1) is 14.3. The van der Waals surface area contributed by atoms with E-state index in [0.717, 1.165) is 5.56 Å². The zero-order chi connectivity index (χ0) is 15.7. The Hall–Kier alpha value is -2.67. The van der Waals surface area contributed by atoms with Crippen molar-refractivity contribution in [2.24, 2.45) is 7.05 Å². The second kappa shape index (κ2) is 5.61. The molecule has 0 atom stereocenters. The van der Waals surface area contributed by atoms with Gasteiger partial charge in [-0.2, -0.15) is 5.10 Å². The van der Waals surface area contributed by atoms with E-state index >= 15 is 0 Å². The summed E-state index contributed by atoms with van der Waals surface area (Å²) in [7, 11) is 3.42. The topological polar surface area (TPSA) is 88.0 Å². The summed E-state index contributed by atoms with van der Waals surface area (Å²) < 4.78 is 8.38. The first-order valence-corrected chi connectivity index (χ1v) is 6.88. The maximum Gasteiger partial charge on any atom is 0.261 e. The van der Waals surface area contributed by atoms with Crippen LogP contribution in [-0.2, 0) is 18.3 Å². The number of benzene rings is 1. The fraction of sp³-hybridized carbons (Fsp3) is 0.267. The summed E-state index contributed by atoms with van der Waals surface area (Å²) in [5.74, 6) is 0.576. The first-order valence-electron chi connectivity index (χ1n) is 6.88. The predicted octanol–water partition coefficient (Wildman–Crippen LogP) is 1.03. The van der Waals surface area contributed by atoms with E-state index < -0.39 is 0 Å². The monoisotopic (exact) mass is 299 g/mol. The van der Waals surface area contributed by atoms with Crippen molar-refractivity contribution in [2.45, 2.75) is 6.54 Å². The number of ether oxygens (including phenoxy) is 1. The third kappa shape index (κ3) is 2.46. The maximum atomic E-state index is 12.8. The first-order chi connectivity index (χ1) is 10.6. The standard InChI is InChI=1S/C15H17N5O2/c1-19-9-10(8-17-19)14-18-13-4-3-11(16)7-12(13)15(21)20(14)5-6-22-2/h3-4,7-9H,5-6,16H2,1-2H3. The van der Waals surface area contributed by atoms with E-state index in [9.17, 15) is 4.79 Å². The molecule has 0 spiro atoms. The molecule has 0 amide bonds. The number of rotatable bonds is 4. The third-order valence-corrected chi connectivity index (χ3v) is 3.46. The lowest BCUT2D eigenvalue weighted by molar-refractivity contribution is 0.186. The molecule has 0 aliphatic heterocycles. The van der Waals surface area contributed by atoms with E-state index in [1.54, 1.807) is 40.8 Å². The fourth-order valence-corrected chi connectivity index (χ4v) is 2.39. The molecule has 0 unspecified atom stereocenters. The van der Waals surface area contributed by atoms with E-state index in [1.807, 2.05) is 13.2 Å². The van der Waals surface area contributed by atoms with Gasteiger partial charge in [0.25, 0.3) is 5.56 Å². The second-order valence-corrected chi connectivity index (χ2v) is 5.06. The largest absolute Gasteiger partial charge is 0.399 e. The Kier molecular flexibility index (Phi) is 3.64. The molecule has 0 aliphatic carbocycles. The van der Waals surface area contributed by atoms with Crippen LogP contribution >= 0.6 is 0 Å². The van der Waals surface area contributed by atoms with Crippen LogP contribution in [0.5, 0.6) is 0 Å². The summed E-state index contributed by atoms with van der Waals surface area (Å²) in [5.41, 5.74) is 7.59. The number of methoxy groups -OCH3 is 1. The molecule has 7 heteroatoms. The number of nitrogens with zero attached hydrogens (tertiary/aromatic N) is 4. The van der Waals surface area contributed by atoms with Crippen LogP contribution in [0, 0.1) is 0 Å². The molecule has 3 aromatic rings. The fourth-order valence-electron chi connectivity index (χ4n) is 2.39. The number of nitrogens with two attached hydrogens (primary N) is 1. The molecule has 3 rings (SSSR count). The highest BCUT2D eigenvalue weighted by atomic mass is 16.5. The van der Waals surface area contributed by atoms with Gasteiger partial charge < -0.3 is 10.5 Å². The van der Waals surface area contributed by atoms with Gasteiger partial charge >= 0.3 is 0 Å². The number of nitrogen functional groups attached to an aromatic ring is 1. The van der Waals surface area contributed by atoms with Gasteiger partial charge in [-0.1, -0.05) is 0 Å². The van der Waals surface area contributed by atoms with Gasteiger partial charge in [0, 0.05) is 26.0 Å². The lowest BCUT2D eigenvalue weighted by Gasteiger charge is -2.12. The van der Waals surface area contributed by atoms with E-state index in [-0.39, 0.29) is 5.56 Å². The quantitative estimate of drug-likeness (QED) is 0.727. The Balaban J connectivity index is 2.29. The van der Waals surface area contributed by atoms with E-state index in [0.29, 0.717) is 35.6 Å². The minimum Gasteiger partial charge on any atom is -0.399 e. The van der Waals surface area contributed by atoms with Crippen LogP contribution in [0.25, 0.3) is 22.3 Å². The van der Waals surface area contributed by atoms with Crippen LogP contribution in [0.3, 0.4) is 0 Å². The molecule has 0 saturated heterocycles. The Morgan fingerprint density at radius 2 is 2.18 bits per heavy atom. The number of aromatic nitrogens is 4. The smallest absolute Gasteiger partial charge is 0.261 e. The molecule has 0 aliphatic rings. The number of fused-ring (bicyclic) bond motifs is 1. The van der Waals surface area contributed by atoms with Crippen molar-refractivity contribution in [3.05, 3.63) is 40.9 Å². The lowest BCUT2D eigenvalue weighted by atomic mass is 10.2. The Morgan fingerprint density at radius 1 is 1.36 bits per heavy atom. The lowest BCUT2D eigenvalue weighted by Crippen LogP contribution is -2.25. The Labute approximate surface area is 127 Å². The molecule has 2 N–H and O–H groups in total. The van der Waals surface area contributed by atoms with Gasteiger partial charge in [-0.15, -0.1) is 0 Å². The molecule has 2 aromatic heterocycles. The average Bonchev–Trinajstić information content (AvgIpc) is 2.93. The maximum absolute atomic E-state index is 12.8. The van der Waals surface area contributed by atoms with Crippen LogP contribution in [0.1, 0.15) is 0 Å². The van der Waals surface area contributed by atoms with Crippen molar-refractivity contribution in [3.8, 4) is 11.4 Å². The predicted molar refractivity (Wildman–Crippen MR) is 84.5 cm³/mol. The summed E-state index contributed by atoms with van der Waals surface area (Å²) in [6.07, 6.45) is 3.52. The van der Waals surface area contributed by atoms with Crippen LogP contribution in [0.2, 0.25) is 0 Å². The molecule has 0 fully saturated rings. The van der Waals surface area contributed by atoms with Crippen molar-refractivity contribution in [2.75, 3.05) is 19.5 Å². The van der Waals surface area contributed by atoms with Crippen molar-refractivity contribution < 1.29 is 4.74 Å². The number of hydrogen-bond donors (Lipinski definition) is 1. The van der Waals surface area contributed by atoms with Gasteiger partial charge in [-0.25, -0.2) is 4.98 Å². The van der Waals surface area contributed by atoms with Gasteiger partial charge in [-0.3, -0.25) is 14.0 Å². The van der Waals surface area contributed by atoms with Gasteiger partial charge in [0.2, 0.25) is 0 Å². The number of aryl methyl sites for hydroxylation is 1. The van der Waals surface area contributed by atoms with Gasteiger partial charge in [0.15, 0.2) is 0 Å². The zero-order valence-corrected chi connectivity index (χ0v) is 12.5. The summed E-state index contributed by atoms with van der Waals surface area (Å²) >= 11 is 0. The summed E-state index contributed by atoms with van der Waals surface area (Å²) in [6, 6.07) is 5.15. The van der Waals surface area contributed by atoms with Gasteiger partial charge in [0.1, 0.15) is 5.82 Å². The summed E-state index contributed by atoms with van der Waals surface area (Å²) in [4.78, 5) is 17.4. The molecule has 114 valence electrons. The highest BCUT2D eigenvalue weighted by Gasteiger charge is 2.14. The molecule has 0 radical (unpaired) electrons. The van der Waals surface area contributed by atoms with Crippen LogP contribution < -0.4 is 11.3 Å². The van der Waals surface area contributed by atoms with Crippen molar-refractivity contribution >= 4 is 16.6 Å². The molecular weight excluding hydrogens is 282 g/mol. The average molecular weight is 299 g/mol. The molecule has 1 aromatic carbocycles. The van der Waals surface area contributed by atoms with Crippen molar-refractivity contribution in [1.82, 2.24) is 19.3 Å². The highest BCUT2D eigenvalue weighted by molar-refractivity contribution is 5.82. The Morgan fingerprint density at radius 3 is 2.86 bits per heavy atom. The third-order valence-electron chi connectivity index (χ3n) is 3.46. The summed E-state index contributed by atoms with van der Waals surface area (Å²) in [5, 5.41) is 4.65. The number of anilines is 1. The second-order valence-electron chi connectivity index (χ2n) is 5.06. The zero-order valence-electron chi connectivity index (χ0n) is 12.5. The van der Waals surface area contributed by atoms with Crippen molar-refractivity contribution in [3.63, 3.8) is 0 Å².